The van der Waals surface area contributed by atoms with Gasteiger partial charge in [0.25, 0.3) is 0 Å². The van der Waals surface area contributed by atoms with Gasteiger partial charge in [-0.3, -0.25) is 14.8 Å². The number of likely N-dealkylation sites (tertiary alicyclic amines) is 1. The predicted octanol–water partition coefficient (Wildman–Crippen LogP) is 1.34. The summed E-state index contributed by atoms with van der Waals surface area (Å²) in [5, 5.41) is 0. The lowest BCUT2D eigenvalue weighted by molar-refractivity contribution is 0.0987. The lowest BCUT2D eigenvalue weighted by Crippen LogP contribution is -2.73. The third-order valence-electron chi connectivity index (χ3n) is 6.26. The summed E-state index contributed by atoms with van der Waals surface area (Å²) in [4.78, 5) is 27.6. The van der Waals surface area contributed by atoms with Crippen molar-refractivity contribution in [2.24, 2.45) is 10.7 Å². The summed E-state index contributed by atoms with van der Waals surface area (Å²) < 4.78 is 40.0. The van der Waals surface area contributed by atoms with Crippen molar-refractivity contribution in [1.29, 1.82) is 0 Å². The van der Waals surface area contributed by atoms with Gasteiger partial charge in [-0.15, -0.1) is 0 Å². The molecule has 8 nitrogen and oxygen atoms in total. The van der Waals surface area contributed by atoms with E-state index in [0.29, 0.717) is 17.0 Å². The third kappa shape index (κ3) is 3.51. The van der Waals surface area contributed by atoms with Gasteiger partial charge in [0.05, 0.1) is 17.1 Å². The second kappa shape index (κ2) is 7.41. The Kier molecular flexibility index (Phi) is 5.21. The molecule has 0 amide bonds. The fraction of sp³-hybridized carbons (Fsp3) is 0.455. The van der Waals surface area contributed by atoms with E-state index in [1.54, 1.807) is 20.8 Å². The minimum atomic E-state index is -3.68. The molecule has 32 heavy (non-hydrogen) atoms. The fourth-order valence-corrected chi connectivity index (χ4v) is 7.06. The first-order chi connectivity index (χ1) is 14.9. The van der Waals surface area contributed by atoms with Gasteiger partial charge >= 0.3 is 0 Å². The first-order valence-corrected chi connectivity index (χ1v) is 11.9. The van der Waals surface area contributed by atoms with Crippen molar-refractivity contribution in [3.63, 3.8) is 0 Å². The Morgan fingerprint density at radius 3 is 2.56 bits per heavy atom. The highest BCUT2D eigenvalue weighted by atomic mass is 32.2. The molecule has 2 N–H and O–H groups in total. The number of halogens is 1. The van der Waals surface area contributed by atoms with Crippen LogP contribution >= 0.6 is 0 Å². The Labute approximate surface area is 186 Å². The molecule has 0 radical (unpaired) electrons. The SMILES string of the molecule is Cc1cnc(C(=O)Cc2ccc(F)c([C@]3(C)CS(=O)(=O)C4(CN(C)C4)C(N)=N3)c2)c(C)n1. The third-order valence-corrected chi connectivity index (χ3v) is 8.86. The van der Waals surface area contributed by atoms with Crippen LogP contribution in [-0.2, 0) is 21.8 Å². The molecule has 2 aliphatic rings. The van der Waals surface area contributed by atoms with E-state index in [9.17, 15) is 17.6 Å². The standard InChI is InChI=1S/C22H26FN5O3S/c1-13-9-25-19(14(2)26-13)18(29)8-15-5-6-17(23)16(7-15)21(3)12-32(30,31)22(20(24)27-21)10-28(4)11-22/h5-7,9H,8,10-12H2,1-4H3,(H2,24,27)/t21-/m0/s1. The maximum Gasteiger partial charge on any atom is 0.187 e. The number of rotatable bonds is 4. The maximum absolute atomic E-state index is 14.9. The monoisotopic (exact) mass is 459 g/mol. The number of aromatic nitrogens is 2. The number of sulfone groups is 1. The molecule has 1 aromatic heterocycles. The molecule has 3 heterocycles. The molecule has 10 heteroatoms. The Morgan fingerprint density at radius 1 is 1.28 bits per heavy atom. The molecule has 0 bridgehead atoms. The maximum atomic E-state index is 14.9. The van der Waals surface area contributed by atoms with E-state index in [1.165, 1.54) is 24.4 Å². The summed E-state index contributed by atoms with van der Waals surface area (Å²) in [6, 6.07) is 4.24. The molecule has 4 rings (SSSR count). The van der Waals surface area contributed by atoms with E-state index in [4.69, 9.17) is 5.73 Å². The van der Waals surface area contributed by atoms with Gasteiger partial charge in [-0.25, -0.2) is 17.8 Å². The summed E-state index contributed by atoms with van der Waals surface area (Å²) in [5.41, 5.74) is 6.89. The molecule has 1 spiro atoms. The zero-order valence-corrected chi connectivity index (χ0v) is 19.3. The highest BCUT2D eigenvalue weighted by molar-refractivity contribution is 7.93. The Bertz CT molecular complexity index is 1250. The van der Waals surface area contributed by atoms with Gasteiger partial charge in [0.2, 0.25) is 0 Å². The van der Waals surface area contributed by atoms with Gasteiger partial charge < -0.3 is 10.6 Å². The molecule has 2 aliphatic heterocycles. The van der Waals surface area contributed by atoms with Crippen molar-refractivity contribution >= 4 is 21.5 Å². The van der Waals surface area contributed by atoms with Crippen LogP contribution in [-0.4, -0.2) is 65.5 Å². The minimum Gasteiger partial charge on any atom is -0.386 e. The number of aryl methyl sites for hydroxylation is 2. The summed E-state index contributed by atoms with van der Waals surface area (Å²) in [6.07, 6.45) is 1.50. The number of carbonyl (C=O) groups is 1. The molecular weight excluding hydrogens is 433 g/mol. The molecular formula is C22H26FN5O3S. The topological polar surface area (TPSA) is 119 Å². The van der Waals surface area contributed by atoms with Crippen LogP contribution in [0.5, 0.6) is 0 Å². The largest absolute Gasteiger partial charge is 0.386 e. The lowest BCUT2D eigenvalue weighted by atomic mass is 9.89. The number of hydrogen-bond donors (Lipinski definition) is 1. The van der Waals surface area contributed by atoms with E-state index >= 15 is 0 Å². The number of nitrogens with zero attached hydrogens (tertiary/aromatic N) is 4. The zero-order valence-electron chi connectivity index (χ0n) is 18.5. The molecule has 1 saturated heterocycles. The van der Waals surface area contributed by atoms with Crippen LogP contribution in [0.15, 0.2) is 29.4 Å². The van der Waals surface area contributed by atoms with Gasteiger partial charge in [-0.2, -0.15) is 0 Å². The highest BCUT2D eigenvalue weighted by Gasteiger charge is 2.60. The number of nitrogens with two attached hydrogens (primary N) is 1. The van der Waals surface area contributed by atoms with E-state index in [-0.39, 0.29) is 48.1 Å². The first-order valence-electron chi connectivity index (χ1n) is 10.3. The van der Waals surface area contributed by atoms with E-state index in [1.807, 2.05) is 11.9 Å². The molecule has 170 valence electrons. The number of carbonyl (C=O) groups excluding carboxylic acids is 1. The molecule has 1 atom stereocenters. The zero-order chi connectivity index (χ0) is 23.5. The average molecular weight is 460 g/mol. The minimum absolute atomic E-state index is 0.00999. The van der Waals surface area contributed by atoms with Gasteiger partial charge in [0, 0.05) is 31.3 Å². The number of benzene rings is 1. The molecule has 0 aliphatic carbocycles. The van der Waals surface area contributed by atoms with Crippen LogP contribution in [0.2, 0.25) is 0 Å². The van der Waals surface area contributed by atoms with Crippen molar-refractivity contribution in [2.75, 3.05) is 25.9 Å². The van der Waals surface area contributed by atoms with E-state index in [0.717, 1.165) is 0 Å². The van der Waals surface area contributed by atoms with Gasteiger partial charge in [0.1, 0.15) is 22.9 Å². The van der Waals surface area contributed by atoms with Gasteiger partial charge in [-0.1, -0.05) is 6.07 Å². The van der Waals surface area contributed by atoms with Crippen LogP contribution in [0, 0.1) is 19.7 Å². The summed E-state index contributed by atoms with van der Waals surface area (Å²) in [5.74, 6) is -1.20. The van der Waals surface area contributed by atoms with Crippen molar-refractivity contribution in [2.45, 2.75) is 37.5 Å². The smallest absolute Gasteiger partial charge is 0.187 e. The van der Waals surface area contributed by atoms with Crippen molar-refractivity contribution < 1.29 is 17.6 Å². The van der Waals surface area contributed by atoms with Crippen molar-refractivity contribution in [3.8, 4) is 0 Å². The summed E-state index contributed by atoms with van der Waals surface area (Å²) in [7, 11) is -1.87. The van der Waals surface area contributed by atoms with Crippen LogP contribution in [0.1, 0.15) is 39.9 Å². The summed E-state index contributed by atoms with van der Waals surface area (Å²) in [6.45, 7) is 5.61. The normalized spacial score (nSPS) is 24.1. The molecule has 1 aromatic carbocycles. The number of Topliss-reactive ketones (excluding diaryl/α,β-unsaturated/α-hetero) is 1. The van der Waals surface area contributed by atoms with E-state index in [2.05, 4.69) is 15.0 Å². The van der Waals surface area contributed by atoms with Crippen LogP contribution < -0.4 is 5.73 Å². The number of hydrogen-bond acceptors (Lipinski definition) is 8. The van der Waals surface area contributed by atoms with Crippen LogP contribution in [0.25, 0.3) is 0 Å². The number of aliphatic imine (C=N–C) groups is 1. The van der Waals surface area contributed by atoms with Crippen LogP contribution in [0.3, 0.4) is 0 Å². The molecule has 0 saturated carbocycles. The van der Waals surface area contributed by atoms with Crippen molar-refractivity contribution in [1.82, 2.24) is 14.9 Å². The molecule has 2 aromatic rings. The first kappa shape index (κ1) is 22.5. The Hall–Kier alpha value is -2.72. The molecule has 0 unspecified atom stereocenters. The Balaban J connectivity index is 1.69. The highest BCUT2D eigenvalue weighted by Crippen LogP contribution is 2.41. The number of amidine groups is 1. The Morgan fingerprint density at radius 2 is 1.97 bits per heavy atom. The van der Waals surface area contributed by atoms with E-state index < -0.39 is 25.9 Å². The van der Waals surface area contributed by atoms with Crippen LogP contribution in [0.4, 0.5) is 4.39 Å². The van der Waals surface area contributed by atoms with Gasteiger partial charge in [0.15, 0.2) is 20.4 Å². The quantitative estimate of drug-likeness (QED) is 0.686. The second-order valence-corrected chi connectivity index (χ2v) is 11.4. The predicted molar refractivity (Wildman–Crippen MR) is 119 cm³/mol. The molecule has 1 fully saturated rings. The number of ketones is 1. The average Bonchev–Trinajstić information content (AvgIpc) is 2.64. The fourth-order valence-electron chi connectivity index (χ4n) is 4.63. The summed E-state index contributed by atoms with van der Waals surface area (Å²) >= 11 is 0. The lowest BCUT2D eigenvalue weighted by Gasteiger charge is -2.51. The van der Waals surface area contributed by atoms with Gasteiger partial charge in [-0.05, 0) is 45.5 Å². The second-order valence-electron chi connectivity index (χ2n) is 9.06. The van der Waals surface area contributed by atoms with Crippen molar-refractivity contribution in [3.05, 3.63) is 58.4 Å².